The number of halogens is 2. The Bertz CT molecular complexity index is 2510. The van der Waals surface area contributed by atoms with Crippen LogP contribution in [0.2, 0.25) is 10.0 Å². The molecular formula is C44H36Cl2N6O4. The lowest BCUT2D eigenvalue weighted by atomic mass is 10.1. The van der Waals surface area contributed by atoms with Crippen molar-refractivity contribution < 1.29 is 19.1 Å². The van der Waals surface area contributed by atoms with Crippen LogP contribution in [0.3, 0.4) is 0 Å². The van der Waals surface area contributed by atoms with Crippen molar-refractivity contribution in [1.82, 2.24) is 30.2 Å². The highest BCUT2D eigenvalue weighted by Gasteiger charge is 2.17. The fraction of sp³-hybridized carbons (Fsp3) is 0.114. The Kier molecular flexibility index (Phi) is 12.0. The van der Waals surface area contributed by atoms with E-state index in [9.17, 15) is 9.59 Å². The maximum absolute atomic E-state index is 12.8. The molecule has 2 amide bonds. The van der Waals surface area contributed by atoms with Crippen molar-refractivity contribution in [3.8, 4) is 17.2 Å². The molecule has 4 heterocycles. The molecular weight excluding hydrogens is 747 g/mol. The predicted octanol–water partition coefficient (Wildman–Crippen LogP) is 8.85. The highest BCUT2D eigenvalue weighted by molar-refractivity contribution is 6.37. The third-order valence-corrected chi connectivity index (χ3v) is 9.60. The van der Waals surface area contributed by atoms with E-state index in [1.165, 1.54) is 6.08 Å². The number of hydrogen-bond donors (Lipinski definition) is 2. The number of hydrogen-bond acceptors (Lipinski definition) is 7. The number of carbonyl (C=O) groups excluding carboxylic acids is 2. The molecule has 0 atom stereocenters. The van der Waals surface area contributed by atoms with Gasteiger partial charge >= 0.3 is 0 Å². The Balaban J connectivity index is 0.984. The van der Waals surface area contributed by atoms with Crippen LogP contribution >= 0.6 is 23.2 Å². The van der Waals surface area contributed by atoms with Crippen molar-refractivity contribution in [1.29, 1.82) is 0 Å². The Hall–Kier alpha value is -6.49. The molecule has 0 aliphatic heterocycles. The van der Waals surface area contributed by atoms with Crippen LogP contribution < -0.4 is 20.1 Å². The average molecular weight is 784 g/mol. The first-order valence-corrected chi connectivity index (χ1v) is 18.5. The van der Waals surface area contributed by atoms with Gasteiger partial charge < -0.3 is 24.7 Å². The quantitative estimate of drug-likeness (QED) is 0.106. The van der Waals surface area contributed by atoms with Crippen LogP contribution in [0.4, 0.5) is 0 Å². The van der Waals surface area contributed by atoms with Crippen LogP contribution in [0.1, 0.15) is 44.3 Å². The van der Waals surface area contributed by atoms with Gasteiger partial charge in [0.15, 0.2) is 0 Å². The van der Waals surface area contributed by atoms with Crippen molar-refractivity contribution in [3.63, 3.8) is 0 Å². The zero-order chi connectivity index (χ0) is 38.9. The van der Waals surface area contributed by atoms with E-state index in [1.807, 2.05) is 96.6 Å². The van der Waals surface area contributed by atoms with Crippen LogP contribution in [0, 0.1) is 6.92 Å². The molecule has 0 aliphatic rings. The number of amides is 2. The van der Waals surface area contributed by atoms with Gasteiger partial charge in [-0.05, 0) is 91.4 Å². The summed E-state index contributed by atoms with van der Waals surface area (Å²) in [5, 5.41) is 7.46. The predicted molar refractivity (Wildman–Crippen MR) is 218 cm³/mol. The number of ether oxygens (including phenoxy) is 2. The summed E-state index contributed by atoms with van der Waals surface area (Å²) in [6.45, 7) is 2.88. The summed E-state index contributed by atoms with van der Waals surface area (Å²) < 4.78 is 14.4. The van der Waals surface area contributed by atoms with Gasteiger partial charge in [-0.25, -0.2) is 4.98 Å². The zero-order valence-electron chi connectivity index (χ0n) is 30.3. The molecule has 3 aromatic carbocycles. The molecule has 0 bridgehead atoms. The lowest BCUT2D eigenvalue weighted by Gasteiger charge is -2.17. The summed E-state index contributed by atoms with van der Waals surface area (Å²) in [6, 6.07) is 33.2. The smallest absolute Gasteiger partial charge is 0.251 e. The fourth-order valence-electron chi connectivity index (χ4n) is 5.96. The minimum Gasteiger partial charge on any atom is -0.487 e. The Morgan fingerprint density at radius 2 is 1.54 bits per heavy atom. The van der Waals surface area contributed by atoms with E-state index in [2.05, 4.69) is 20.6 Å². The zero-order valence-corrected chi connectivity index (χ0v) is 31.8. The summed E-state index contributed by atoms with van der Waals surface area (Å²) in [5.74, 6) is 0.747. The largest absolute Gasteiger partial charge is 0.487 e. The van der Waals surface area contributed by atoms with Crippen molar-refractivity contribution >= 4 is 52.0 Å². The number of para-hydroxylation sites is 1. The minimum atomic E-state index is -0.282. The second-order valence-electron chi connectivity index (χ2n) is 12.7. The van der Waals surface area contributed by atoms with Crippen molar-refractivity contribution in [2.24, 2.45) is 0 Å². The number of pyridine rings is 3. The monoisotopic (exact) mass is 782 g/mol. The molecule has 7 rings (SSSR count). The van der Waals surface area contributed by atoms with Gasteiger partial charge in [0.2, 0.25) is 5.91 Å². The SMILES string of the molecule is Cc1cc(OCc2ccccn2)c2cccc(OCc3c(Cl)ccc(-n4cccc4CNC(=O)C=Cc4ccc(C(=O)NCc5ccccn5)cc4)c3Cl)c2n1. The van der Waals surface area contributed by atoms with Gasteiger partial charge in [-0.2, -0.15) is 0 Å². The molecule has 0 saturated carbocycles. The van der Waals surface area contributed by atoms with Crippen LogP contribution in [0.15, 0.2) is 134 Å². The lowest BCUT2D eigenvalue weighted by Crippen LogP contribution is -2.23. The summed E-state index contributed by atoms with van der Waals surface area (Å²) in [7, 11) is 0. The maximum Gasteiger partial charge on any atom is 0.251 e. The van der Waals surface area contributed by atoms with Gasteiger partial charge in [0.05, 0.1) is 35.2 Å². The summed E-state index contributed by atoms with van der Waals surface area (Å²) >= 11 is 13.7. The van der Waals surface area contributed by atoms with E-state index in [4.69, 9.17) is 37.7 Å². The third kappa shape index (κ3) is 9.23. The molecule has 4 aromatic heterocycles. The molecule has 7 aromatic rings. The number of carbonyl (C=O) groups is 2. The van der Waals surface area contributed by atoms with Crippen LogP contribution in [0.5, 0.6) is 11.5 Å². The molecule has 280 valence electrons. The minimum absolute atomic E-state index is 0.0827. The van der Waals surface area contributed by atoms with Gasteiger partial charge in [-0.3, -0.25) is 19.6 Å². The number of aryl methyl sites for hydroxylation is 1. The number of fused-ring (bicyclic) bond motifs is 1. The molecule has 0 saturated heterocycles. The fourth-order valence-corrected chi connectivity index (χ4v) is 6.53. The van der Waals surface area contributed by atoms with E-state index in [1.54, 1.807) is 48.8 Å². The molecule has 0 aliphatic carbocycles. The maximum atomic E-state index is 12.8. The number of benzene rings is 3. The van der Waals surface area contributed by atoms with Gasteiger partial charge in [-0.1, -0.05) is 53.5 Å². The van der Waals surface area contributed by atoms with Crippen molar-refractivity contribution in [3.05, 3.63) is 183 Å². The topological polar surface area (TPSA) is 120 Å². The van der Waals surface area contributed by atoms with Gasteiger partial charge in [0, 0.05) is 63.7 Å². The van der Waals surface area contributed by atoms with Crippen LogP contribution in [-0.2, 0) is 31.1 Å². The highest BCUT2D eigenvalue weighted by atomic mass is 35.5. The Labute approximate surface area is 333 Å². The van der Waals surface area contributed by atoms with Gasteiger partial charge in [0.25, 0.3) is 5.91 Å². The van der Waals surface area contributed by atoms with E-state index < -0.39 is 0 Å². The van der Waals surface area contributed by atoms with E-state index in [-0.39, 0.29) is 25.0 Å². The van der Waals surface area contributed by atoms with E-state index in [0.717, 1.165) is 33.7 Å². The second-order valence-corrected chi connectivity index (χ2v) is 13.5. The normalized spacial score (nSPS) is 11.1. The van der Waals surface area contributed by atoms with E-state index in [0.29, 0.717) is 57.0 Å². The first-order valence-electron chi connectivity index (χ1n) is 17.8. The molecule has 56 heavy (non-hydrogen) atoms. The second kappa shape index (κ2) is 17.8. The number of rotatable bonds is 14. The number of nitrogens with zero attached hydrogens (tertiary/aromatic N) is 4. The van der Waals surface area contributed by atoms with Crippen LogP contribution in [-0.4, -0.2) is 31.3 Å². The van der Waals surface area contributed by atoms with Gasteiger partial charge in [0.1, 0.15) is 30.2 Å². The summed E-state index contributed by atoms with van der Waals surface area (Å²) in [6.07, 6.45) is 8.43. The highest BCUT2D eigenvalue weighted by Crippen LogP contribution is 2.35. The standard InChI is InChI=1S/C44H36Cl2N6O4/c1-29-24-40(55-27-33-9-3-5-22-48-33)35-11-6-12-39(43(35)51-29)56-28-36-37(45)18-19-38(42(36)46)52-23-7-10-34(52)26-49-41(53)20-15-30-13-16-31(17-14-30)44(54)50-25-32-8-2-4-21-47-32/h2-24H,25-28H2,1H3,(H,49,53)(H,50,54). The van der Waals surface area contributed by atoms with Gasteiger partial charge in [-0.15, -0.1) is 0 Å². The van der Waals surface area contributed by atoms with Crippen molar-refractivity contribution in [2.45, 2.75) is 33.2 Å². The molecule has 0 radical (unpaired) electrons. The number of nitrogens with one attached hydrogen (secondary N) is 2. The first kappa shape index (κ1) is 37.8. The molecule has 12 heteroatoms. The van der Waals surface area contributed by atoms with E-state index >= 15 is 0 Å². The molecule has 0 spiro atoms. The summed E-state index contributed by atoms with van der Waals surface area (Å²) in [4.78, 5) is 38.7. The number of aromatic nitrogens is 4. The summed E-state index contributed by atoms with van der Waals surface area (Å²) in [5.41, 5.74) is 6.39. The lowest BCUT2D eigenvalue weighted by molar-refractivity contribution is -0.116. The third-order valence-electron chi connectivity index (χ3n) is 8.82. The van der Waals surface area contributed by atoms with Crippen molar-refractivity contribution in [2.75, 3.05) is 0 Å². The molecule has 10 nitrogen and oxygen atoms in total. The molecule has 2 N–H and O–H groups in total. The molecule has 0 unspecified atom stereocenters. The molecule has 0 fully saturated rings. The first-order chi connectivity index (χ1) is 27.3. The Morgan fingerprint density at radius 3 is 2.30 bits per heavy atom. The average Bonchev–Trinajstić information content (AvgIpc) is 3.69. The Morgan fingerprint density at radius 1 is 0.768 bits per heavy atom. The van der Waals surface area contributed by atoms with Crippen LogP contribution in [0.25, 0.3) is 22.7 Å².